The van der Waals surface area contributed by atoms with Crippen LogP contribution in [-0.4, -0.2) is 45.2 Å². The highest BCUT2D eigenvalue weighted by atomic mass is 32.2. The summed E-state index contributed by atoms with van der Waals surface area (Å²) in [6.07, 6.45) is 0. The van der Waals surface area contributed by atoms with Crippen LogP contribution >= 0.6 is 23.5 Å². The van der Waals surface area contributed by atoms with Crippen molar-refractivity contribution >= 4 is 41.1 Å². The molecule has 9 heteroatoms. The number of non-ortho nitro benzene ring substituents is 1. The predicted molar refractivity (Wildman–Crippen MR) is 86.4 cm³/mol. The van der Waals surface area contributed by atoms with Gasteiger partial charge in [-0.1, -0.05) is 0 Å². The first kappa shape index (κ1) is 18.3. The Morgan fingerprint density at radius 3 is 2.55 bits per heavy atom. The lowest BCUT2D eigenvalue weighted by Gasteiger charge is -2.11. The highest BCUT2D eigenvalue weighted by Crippen LogP contribution is 2.25. The summed E-state index contributed by atoms with van der Waals surface area (Å²) in [5.74, 6) is -0.478. The van der Waals surface area contributed by atoms with Gasteiger partial charge in [0, 0.05) is 29.3 Å². The van der Waals surface area contributed by atoms with E-state index in [0.29, 0.717) is 12.3 Å². The number of carbonyl (C=O) groups is 2. The molecule has 0 radical (unpaired) electrons. The number of carbonyl (C=O) groups excluding carboxylic acids is 1. The van der Waals surface area contributed by atoms with Crippen LogP contribution in [-0.2, 0) is 9.59 Å². The Bertz CT molecular complexity index is 536. The van der Waals surface area contributed by atoms with E-state index >= 15 is 0 Å². The van der Waals surface area contributed by atoms with E-state index in [0.717, 1.165) is 4.90 Å². The number of amides is 1. The zero-order chi connectivity index (χ0) is 16.5. The fraction of sp³-hybridized carbons (Fsp3) is 0.385. The van der Waals surface area contributed by atoms with Gasteiger partial charge in [-0.2, -0.15) is 0 Å². The largest absolute Gasteiger partial charge is 0.481 e. The lowest BCUT2D eigenvalue weighted by molar-refractivity contribution is -0.384. The lowest BCUT2D eigenvalue weighted by atomic mass is 10.3. The Morgan fingerprint density at radius 1 is 1.36 bits per heavy atom. The third kappa shape index (κ3) is 6.81. The van der Waals surface area contributed by atoms with Crippen molar-refractivity contribution in [1.82, 2.24) is 5.32 Å². The molecule has 2 N–H and O–H groups in total. The van der Waals surface area contributed by atoms with Gasteiger partial charge in [-0.15, -0.1) is 23.5 Å². The highest BCUT2D eigenvalue weighted by molar-refractivity contribution is 8.00. The maximum absolute atomic E-state index is 11.9. The molecule has 1 rings (SSSR count). The summed E-state index contributed by atoms with van der Waals surface area (Å²) in [5, 5.41) is 21.4. The summed E-state index contributed by atoms with van der Waals surface area (Å²) in [5.41, 5.74) is 0.0110. The van der Waals surface area contributed by atoms with Crippen molar-refractivity contribution in [2.24, 2.45) is 0 Å². The Balaban J connectivity index is 2.34. The zero-order valence-corrected chi connectivity index (χ0v) is 13.5. The molecule has 22 heavy (non-hydrogen) atoms. The second-order valence-electron chi connectivity index (χ2n) is 4.25. The molecule has 0 aliphatic carbocycles. The minimum Gasteiger partial charge on any atom is -0.481 e. The molecule has 120 valence electrons. The van der Waals surface area contributed by atoms with Crippen molar-refractivity contribution < 1.29 is 19.6 Å². The number of rotatable bonds is 9. The third-order valence-corrected chi connectivity index (χ3v) is 4.56. The Morgan fingerprint density at radius 2 is 2.00 bits per heavy atom. The first-order valence-corrected chi connectivity index (χ1v) is 8.42. The molecule has 1 unspecified atom stereocenters. The quantitative estimate of drug-likeness (QED) is 0.305. The van der Waals surface area contributed by atoms with E-state index in [1.165, 1.54) is 35.7 Å². The summed E-state index contributed by atoms with van der Waals surface area (Å²) in [6.45, 7) is 2.15. The van der Waals surface area contributed by atoms with E-state index in [1.807, 2.05) is 0 Å². The molecule has 0 aromatic heterocycles. The molecule has 0 saturated heterocycles. The molecule has 0 heterocycles. The van der Waals surface area contributed by atoms with Crippen molar-refractivity contribution in [3.05, 3.63) is 34.4 Å². The number of nitro groups is 1. The summed E-state index contributed by atoms with van der Waals surface area (Å²) in [6, 6.07) is 6.01. The maximum Gasteiger partial charge on any atom is 0.313 e. The summed E-state index contributed by atoms with van der Waals surface area (Å²) >= 11 is 2.54. The van der Waals surface area contributed by atoms with E-state index in [-0.39, 0.29) is 22.6 Å². The molecule has 0 aliphatic rings. The lowest BCUT2D eigenvalue weighted by Crippen LogP contribution is -2.32. The van der Waals surface area contributed by atoms with Gasteiger partial charge in [-0.05, 0) is 19.1 Å². The zero-order valence-electron chi connectivity index (χ0n) is 11.9. The van der Waals surface area contributed by atoms with Gasteiger partial charge in [0.1, 0.15) is 0 Å². The fourth-order valence-electron chi connectivity index (χ4n) is 1.45. The number of hydrogen-bond acceptors (Lipinski definition) is 6. The first-order chi connectivity index (χ1) is 10.4. The number of thioether (sulfide) groups is 2. The van der Waals surface area contributed by atoms with E-state index in [9.17, 15) is 19.7 Å². The number of carboxylic acids is 1. The van der Waals surface area contributed by atoms with Crippen LogP contribution in [0.5, 0.6) is 0 Å². The predicted octanol–water partition coefficient (Wildman–Crippen LogP) is 2.01. The van der Waals surface area contributed by atoms with Gasteiger partial charge in [-0.25, -0.2) is 0 Å². The molecule has 0 fully saturated rings. The number of nitrogens with zero attached hydrogens (tertiary/aromatic N) is 1. The number of benzene rings is 1. The number of carboxylic acid groups (broad SMARTS) is 1. The van der Waals surface area contributed by atoms with Gasteiger partial charge in [-0.3, -0.25) is 19.7 Å². The summed E-state index contributed by atoms with van der Waals surface area (Å²) in [4.78, 5) is 33.0. The average Bonchev–Trinajstić information content (AvgIpc) is 2.46. The van der Waals surface area contributed by atoms with Crippen LogP contribution in [0.4, 0.5) is 5.69 Å². The molecule has 1 atom stereocenters. The molecule has 0 spiro atoms. The van der Waals surface area contributed by atoms with Crippen molar-refractivity contribution in [2.45, 2.75) is 17.1 Å². The van der Waals surface area contributed by atoms with Gasteiger partial charge in [0.15, 0.2) is 0 Å². The Labute approximate surface area is 136 Å². The van der Waals surface area contributed by atoms with Gasteiger partial charge >= 0.3 is 5.97 Å². The monoisotopic (exact) mass is 344 g/mol. The minimum atomic E-state index is -0.876. The molecular weight excluding hydrogens is 328 g/mol. The van der Waals surface area contributed by atoms with E-state index in [1.54, 1.807) is 19.1 Å². The van der Waals surface area contributed by atoms with Crippen molar-refractivity contribution in [2.75, 3.05) is 18.1 Å². The molecule has 1 aromatic carbocycles. The Hall–Kier alpha value is -1.74. The minimum absolute atomic E-state index is 0.0110. The van der Waals surface area contributed by atoms with Crippen LogP contribution in [0.1, 0.15) is 6.92 Å². The number of nitro benzene ring substituents is 1. The second-order valence-corrected chi connectivity index (χ2v) is 6.77. The van der Waals surface area contributed by atoms with Crippen LogP contribution in [0.25, 0.3) is 0 Å². The Kier molecular flexibility index (Phi) is 7.75. The van der Waals surface area contributed by atoms with Crippen LogP contribution in [0.2, 0.25) is 0 Å². The molecule has 1 aromatic rings. The SMILES string of the molecule is CC(Sc1ccc([N+](=O)[O-])cc1)C(=O)NCCSCC(=O)O. The summed E-state index contributed by atoms with van der Waals surface area (Å²) < 4.78 is 0. The molecule has 0 saturated carbocycles. The molecular formula is C13H16N2O5S2. The van der Waals surface area contributed by atoms with Crippen molar-refractivity contribution in [3.63, 3.8) is 0 Å². The van der Waals surface area contributed by atoms with E-state index in [2.05, 4.69) is 5.32 Å². The fourth-order valence-corrected chi connectivity index (χ4v) is 2.91. The molecule has 1 amide bonds. The molecule has 0 bridgehead atoms. The van der Waals surface area contributed by atoms with Crippen molar-refractivity contribution in [1.29, 1.82) is 0 Å². The maximum atomic E-state index is 11.9. The van der Waals surface area contributed by atoms with Crippen LogP contribution in [0.3, 0.4) is 0 Å². The smallest absolute Gasteiger partial charge is 0.313 e. The van der Waals surface area contributed by atoms with E-state index < -0.39 is 10.9 Å². The van der Waals surface area contributed by atoms with Gasteiger partial charge in [0.2, 0.25) is 5.91 Å². The van der Waals surface area contributed by atoms with Gasteiger partial charge in [0.25, 0.3) is 5.69 Å². The normalized spacial score (nSPS) is 11.7. The van der Waals surface area contributed by atoms with Gasteiger partial charge < -0.3 is 10.4 Å². The number of hydrogen-bond donors (Lipinski definition) is 2. The van der Waals surface area contributed by atoms with Crippen LogP contribution < -0.4 is 5.32 Å². The van der Waals surface area contributed by atoms with E-state index in [4.69, 9.17) is 5.11 Å². The first-order valence-electron chi connectivity index (χ1n) is 6.38. The van der Waals surface area contributed by atoms with Crippen molar-refractivity contribution in [3.8, 4) is 0 Å². The number of nitrogens with one attached hydrogen (secondary N) is 1. The number of aliphatic carboxylic acids is 1. The van der Waals surface area contributed by atoms with Gasteiger partial charge in [0.05, 0.1) is 15.9 Å². The average molecular weight is 344 g/mol. The van der Waals surface area contributed by atoms with Crippen LogP contribution in [0.15, 0.2) is 29.2 Å². The highest BCUT2D eigenvalue weighted by Gasteiger charge is 2.14. The topological polar surface area (TPSA) is 110 Å². The third-order valence-electron chi connectivity index (χ3n) is 2.50. The van der Waals surface area contributed by atoms with Crippen LogP contribution in [0, 0.1) is 10.1 Å². The standard InChI is InChI=1S/C13H16N2O5S2/c1-9(13(18)14-6-7-21-8-12(16)17)22-11-4-2-10(3-5-11)15(19)20/h2-5,9H,6-8H2,1H3,(H,14,18)(H,16,17). The summed E-state index contributed by atoms with van der Waals surface area (Å²) in [7, 11) is 0. The second kappa shape index (κ2) is 9.31. The molecule has 7 nitrogen and oxygen atoms in total. The molecule has 0 aliphatic heterocycles.